The minimum absolute atomic E-state index is 0.112. The second kappa shape index (κ2) is 5.87. The van der Waals surface area contributed by atoms with Gasteiger partial charge in [0.05, 0.1) is 22.1 Å². The van der Waals surface area contributed by atoms with Crippen LogP contribution in [0.5, 0.6) is 0 Å². The number of carbonyl (C=O) groups excluding carboxylic acids is 1. The summed E-state index contributed by atoms with van der Waals surface area (Å²) in [5.41, 5.74) is -0.448. The van der Waals surface area contributed by atoms with Gasteiger partial charge in [0.2, 0.25) is 5.16 Å². The Morgan fingerprint density at radius 1 is 1.38 bits per heavy atom. The zero-order chi connectivity index (χ0) is 18.6. The van der Waals surface area contributed by atoms with Crippen LogP contribution in [0.4, 0.5) is 10.5 Å². The van der Waals surface area contributed by atoms with E-state index in [1.54, 1.807) is 37.6 Å². The maximum Gasteiger partial charge on any atom is 0.412 e. The number of aromatic nitrogens is 3. The Labute approximate surface area is 152 Å². The fraction of sp³-hybridized carbons (Fsp3) is 0.529. The molecule has 1 N–H and O–H groups in total. The summed E-state index contributed by atoms with van der Waals surface area (Å²) in [6.45, 7) is 5.25. The highest BCUT2D eigenvalue weighted by Gasteiger charge is 2.39. The van der Waals surface area contributed by atoms with Crippen LogP contribution >= 0.6 is 0 Å². The molecule has 1 amide bonds. The van der Waals surface area contributed by atoms with Crippen molar-refractivity contribution in [2.45, 2.75) is 62.1 Å². The molecule has 2 bridgehead atoms. The number of amides is 1. The number of hydrogen-bond acceptors (Lipinski definition) is 6. The van der Waals surface area contributed by atoms with E-state index < -0.39 is 22.5 Å². The van der Waals surface area contributed by atoms with Crippen LogP contribution in [0.3, 0.4) is 0 Å². The molecule has 8 nitrogen and oxygen atoms in total. The van der Waals surface area contributed by atoms with Crippen molar-refractivity contribution in [2.75, 3.05) is 5.32 Å². The van der Waals surface area contributed by atoms with Crippen molar-refractivity contribution in [2.24, 2.45) is 0 Å². The first kappa shape index (κ1) is 17.1. The van der Waals surface area contributed by atoms with E-state index in [0.29, 0.717) is 11.0 Å². The summed E-state index contributed by atoms with van der Waals surface area (Å²) < 4.78 is 19.6. The molecule has 2 aliphatic rings. The lowest BCUT2D eigenvalue weighted by molar-refractivity contribution is 0.0635. The molecule has 3 unspecified atom stereocenters. The zero-order valence-electron chi connectivity index (χ0n) is 14.8. The lowest BCUT2D eigenvalue weighted by Crippen LogP contribution is -2.34. The number of ether oxygens (including phenoxy) is 1. The summed E-state index contributed by atoms with van der Waals surface area (Å²) in [6.07, 6.45) is 3.26. The van der Waals surface area contributed by atoms with E-state index >= 15 is 0 Å². The predicted molar refractivity (Wildman–Crippen MR) is 96.7 cm³/mol. The molecule has 0 saturated heterocycles. The maximum atomic E-state index is 13.1. The summed E-state index contributed by atoms with van der Waals surface area (Å²) in [5, 5.41) is 3.24. The fourth-order valence-electron chi connectivity index (χ4n) is 3.60. The quantitative estimate of drug-likeness (QED) is 0.767. The second-order valence-corrected chi connectivity index (χ2v) is 9.19. The first-order valence-electron chi connectivity index (χ1n) is 8.57. The largest absolute Gasteiger partial charge is 0.444 e. The van der Waals surface area contributed by atoms with Gasteiger partial charge in [-0.25, -0.2) is 14.8 Å². The van der Waals surface area contributed by atoms with Crippen LogP contribution in [-0.4, -0.2) is 35.7 Å². The first-order chi connectivity index (χ1) is 12.2. The third-order valence-corrected chi connectivity index (χ3v) is 6.25. The summed E-state index contributed by atoms with van der Waals surface area (Å²) in [5.74, 6) is 0. The number of hydrogen-bond donors (Lipinski definition) is 1. The molecular formula is C17H20N4O4S. The molecule has 3 heterocycles. The van der Waals surface area contributed by atoms with Crippen LogP contribution < -0.4 is 10.9 Å². The van der Waals surface area contributed by atoms with E-state index in [0.717, 1.165) is 19.3 Å². The molecule has 1 saturated carbocycles. The van der Waals surface area contributed by atoms with E-state index in [-0.39, 0.29) is 27.7 Å². The molecule has 0 spiro atoms. The van der Waals surface area contributed by atoms with Gasteiger partial charge in [0, 0.05) is 11.6 Å². The van der Waals surface area contributed by atoms with E-state index in [2.05, 4.69) is 15.3 Å². The molecule has 1 aliphatic heterocycles. The third kappa shape index (κ3) is 2.80. The maximum absolute atomic E-state index is 13.1. The van der Waals surface area contributed by atoms with Gasteiger partial charge >= 0.3 is 6.09 Å². The molecule has 0 aromatic carbocycles. The van der Waals surface area contributed by atoms with Gasteiger partial charge in [0.25, 0.3) is 5.56 Å². The van der Waals surface area contributed by atoms with E-state index in [4.69, 9.17) is 4.74 Å². The average molecular weight is 376 g/mol. The van der Waals surface area contributed by atoms with Crippen LogP contribution in [0.15, 0.2) is 22.2 Å². The van der Waals surface area contributed by atoms with Crippen molar-refractivity contribution in [1.82, 2.24) is 14.5 Å². The lowest BCUT2D eigenvalue weighted by atomic mass is 10.2. The fourth-order valence-corrected chi connectivity index (χ4v) is 5.13. The topological polar surface area (TPSA) is 103 Å². The highest BCUT2D eigenvalue weighted by Crippen LogP contribution is 2.38. The van der Waals surface area contributed by atoms with Crippen molar-refractivity contribution in [1.29, 1.82) is 0 Å². The summed E-state index contributed by atoms with van der Waals surface area (Å²) in [4.78, 5) is 33.8. The first-order valence-corrected chi connectivity index (χ1v) is 9.79. The van der Waals surface area contributed by atoms with Gasteiger partial charge in [-0.2, -0.15) is 0 Å². The second-order valence-electron chi connectivity index (χ2n) is 7.63. The van der Waals surface area contributed by atoms with Gasteiger partial charge < -0.3 is 4.74 Å². The molecular weight excluding hydrogens is 356 g/mol. The molecule has 0 radical (unpaired) electrons. The Hall–Kier alpha value is -2.29. The summed E-state index contributed by atoms with van der Waals surface area (Å²) >= 11 is 0. The Morgan fingerprint density at radius 2 is 2.15 bits per heavy atom. The molecule has 9 heteroatoms. The molecule has 2 aromatic heterocycles. The van der Waals surface area contributed by atoms with Crippen LogP contribution in [0.25, 0.3) is 11.0 Å². The Balaban J connectivity index is 1.84. The third-order valence-electron chi connectivity index (χ3n) is 4.59. The van der Waals surface area contributed by atoms with Gasteiger partial charge in [0.1, 0.15) is 16.9 Å². The number of rotatable bonds is 1. The van der Waals surface area contributed by atoms with Crippen molar-refractivity contribution in [3.8, 4) is 0 Å². The van der Waals surface area contributed by atoms with Crippen LogP contribution in [-0.2, 0) is 15.5 Å². The number of nitrogens with zero attached hydrogens (tertiary/aromatic N) is 3. The van der Waals surface area contributed by atoms with Crippen molar-refractivity contribution >= 4 is 33.6 Å². The molecule has 2 aromatic rings. The van der Waals surface area contributed by atoms with Gasteiger partial charge in [-0.3, -0.25) is 18.9 Å². The van der Waals surface area contributed by atoms with Crippen LogP contribution in [0.1, 0.15) is 46.1 Å². The Bertz CT molecular complexity index is 995. The molecule has 1 aliphatic carbocycles. The highest BCUT2D eigenvalue weighted by atomic mass is 32.2. The molecule has 26 heavy (non-hydrogen) atoms. The van der Waals surface area contributed by atoms with E-state index in [9.17, 15) is 13.8 Å². The standard InChI is InChI=1S/C17H20N4O4S/c1-17(2,3)25-16(23)19-10-7-9-8-18-15-20-13(9)21(14(10)22)11-5-4-6-12(11)26(15)24/h7-8,11-12H,4-6H2,1-3H3,(H,19,23). The lowest BCUT2D eigenvalue weighted by Gasteiger charge is -2.21. The summed E-state index contributed by atoms with van der Waals surface area (Å²) in [6, 6.07) is 1.33. The number of fused-ring (bicyclic) bond motifs is 3. The van der Waals surface area contributed by atoms with Gasteiger partial charge in [0.15, 0.2) is 0 Å². The van der Waals surface area contributed by atoms with Gasteiger partial charge in [-0.15, -0.1) is 0 Å². The van der Waals surface area contributed by atoms with Crippen molar-refractivity contribution in [3.63, 3.8) is 0 Å². The van der Waals surface area contributed by atoms with Gasteiger partial charge in [-0.1, -0.05) is 6.42 Å². The summed E-state index contributed by atoms with van der Waals surface area (Å²) in [7, 11) is -1.34. The SMILES string of the molecule is CC(C)(C)OC(=O)Nc1cc2cnc3nc2n(c1=O)C1CCCC1S3=O. The molecule has 138 valence electrons. The van der Waals surface area contributed by atoms with E-state index in [1.165, 1.54) is 0 Å². The minimum Gasteiger partial charge on any atom is -0.444 e. The van der Waals surface area contributed by atoms with E-state index in [1.807, 2.05) is 0 Å². The molecule has 3 atom stereocenters. The van der Waals surface area contributed by atoms with Crippen LogP contribution in [0, 0.1) is 0 Å². The van der Waals surface area contributed by atoms with Gasteiger partial charge in [-0.05, 0) is 39.7 Å². The Morgan fingerprint density at radius 3 is 2.88 bits per heavy atom. The molecule has 4 rings (SSSR count). The zero-order valence-corrected chi connectivity index (χ0v) is 15.6. The number of anilines is 1. The Kier molecular flexibility index (Phi) is 3.87. The van der Waals surface area contributed by atoms with Crippen LogP contribution in [0.2, 0.25) is 0 Å². The average Bonchev–Trinajstić information content (AvgIpc) is 2.98. The number of carbonyl (C=O) groups is 1. The normalized spacial score (nSPS) is 24.3. The monoisotopic (exact) mass is 376 g/mol. The minimum atomic E-state index is -1.34. The number of pyridine rings is 1. The molecule has 1 fully saturated rings. The number of nitrogens with one attached hydrogen (secondary N) is 1. The predicted octanol–water partition coefficient (Wildman–Crippen LogP) is 2.35. The highest BCUT2D eigenvalue weighted by molar-refractivity contribution is 7.85. The smallest absolute Gasteiger partial charge is 0.412 e. The van der Waals surface area contributed by atoms with Crippen molar-refractivity contribution in [3.05, 3.63) is 22.6 Å². The van der Waals surface area contributed by atoms with Crippen molar-refractivity contribution < 1.29 is 13.7 Å².